The van der Waals surface area contributed by atoms with Gasteiger partial charge in [-0.15, -0.1) is 0 Å². The normalized spacial score (nSPS) is 11.5. The van der Waals surface area contributed by atoms with E-state index in [4.69, 9.17) is 9.52 Å². The number of carboxylic acid groups (broad SMARTS) is 1. The van der Waals surface area contributed by atoms with Gasteiger partial charge < -0.3 is 14.1 Å². The molecule has 0 amide bonds. The van der Waals surface area contributed by atoms with Crippen LogP contribution in [0.5, 0.6) is 0 Å². The topological polar surface area (TPSA) is 108 Å². The fourth-order valence-electron chi connectivity index (χ4n) is 1.67. The number of hydrogen-bond acceptors (Lipinski definition) is 5. The average Bonchev–Trinajstić information content (AvgIpc) is 2.76. The van der Waals surface area contributed by atoms with E-state index in [1.54, 1.807) is 6.92 Å². The van der Waals surface area contributed by atoms with Crippen molar-refractivity contribution >= 4 is 16.1 Å². The van der Waals surface area contributed by atoms with Crippen molar-refractivity contribution in [2.24, 2.45) is 0 Å². The van der Waals surface area contributed by atoms with Gasteiger partial charge in [0.25, 0.3) is 0 Å². The second-order valence-electron chi connectivity index (χ2n) is 3.90. The number of benzene rings is 1. The van der Waals surface area contributed by atoms with Crippen molar-refractivity contribution in [1.29, 1.82) is 0 Å². The molecule has 1 aromatic carbocycles. The number of aryl methyl sites for hydroxylation is 1. The third kappa shape index (κ3) is 2.67. The second-order valence-corrected chi connectivity index (χ2v) is 5.28. The number of furan rings is 1. The molecule has 1 aromatic heterocycles. The molecule has 0 unspecified atom stereocenters. The number of carbonyl (C=O) groups is 1. The van der Waals surface area contributed by atoms with Gasteiger partial charge in [-0.2, -0.15) is 0 Å². The molecule has 0 aliphatic rings. The Balaban J connectivity index is 2.49. The van der Waals surface area contributed by atoms with Crippen LogP contribution < -0.4 is 0 Å². The molecule has 0 aliphatic carbocycles. The zero-order valence-electron chi connectivity index (χ0n) is 9.78. The van der Waals surface area contributed by atoms with Gasteiger partial charge in [0.1, 0.15) is 15.9 Å². The largest absolute Gasteiger partial charge is 0.744 e. The summed E-state index contributed by atoms with van der Waals surface area (Å²) in [6.45, 7) is 1.60. The van der Waals surface area contributed by atoms with Crippen LogP contribution in [-0.2, 0) is 10.1 Å². The van der Waals surface area contributed by atoms with Gasteiger partial charge in [0.15, 0.2) is 0 Å². The zero-order chi connectivity index (χ0) is 14.2. The molecular formula is C12H9O6S-. The minimum Gasteiger partial charge on any atom is -0.744 e. The highest BCUT2D eigenvalue weighted by atomic mass is 32.2. The lowest BCUT2D eigenvalue weighted by Gasteiger charge is -2.09. The summed E-state index contributed by atoms with van der Waals surface area (Å²) < 4.78 is 37.7. The van der Waals surface area contributed by atoms with Gasteiger partial charge in [0, 0.05) is 5.56 Å². The fraction of sp³-hybridized carbons (Fsp3) is 0.0833. The average molecular weight is 281 g/mol. The Morgan fingerprint density at radius 3 is 2.42 bits per heavy atom. The van der Waals surface area contributed by atoms with Crippen LogP contribution in [0.2, 0.25) is 0 Å². The molecule has 0 radical (unpaired) electrons. The van der Waals surface area contributed by atoms with Gasteiger partial charge in [-0.3, -0.25) is 0 Å². The Labute approximate surface area is 109 Å². The van der Waals surface area contributed by atoms with Crippen LogP contribution in [0.25, 0.3) is 11.3 Å². The second kappa shape index (κ2) is 4.52. The minimum atomic E-state index is -4.51. The number of aromatic carboxylic acids is 1. The van der Waals surface area contributed by atoms with E-state index in [2.05, 4.69) is 0 Å². The molecule has 0 bridgehead atoms. The van der Waals surface area contributed by atoms with E-state index in [1.807, 2.05) is 0 Å². The molecule has 2 rings (SSSR count). The lowest BCUT2D eigenvalue weighted by atomic mass is 10.1. The summed E-state index contributed by atoms with van der Waals surface area (Å²) >= 11 is 0. The van der Waals surface area contributed by atoms with Crippen LogP contribution in [0.1, 0.15) is 16.1 Å². The molecule has 100 valence electrons. The molecule has 7 heteroatoms. The summed E-state index contributed by atoms with van der Waals surface area (Å²) in [5.74, 6) is -1.11. The predicted molar refractivity (Wildman–Crippen MR) is 63.8 cm³/mol. The van der Waals surface area contributed by atoms with Gasteiger partial charge >= 0.3 is 5.97 Å². The van der Waals surface area contributed by atoms with Crippen molar-refractivity contribution in [2.45, 2.75) is 11.8 Å². The van der Waals surface area contributed by atoms with Crippen LogP contribution in [0.3, 0.4) is 0 Å². The van der Waals surface area contributed by atoms with Crippen molar-refractivity contribution in [2.75, 3.05) is 0 Å². The van der Waals surface area contributed by atoms with Gasteiger partial charge in [-0.1, -0.05) is 0 Å². The van der Waals surface area contributed by atoms with E-state index in [9.17, 15) is 17.8 Å². The maximum atomic E-state index is 10.9. The molecule has 0 spiro atoms. The number of rotatable bonds is 3. The predicted octanol–water partition coefficient (Wildman–Crippen LogP) is 1.86. The number of carboxylic acids is 1. The molecule has 0 saturated heterocycles. The molecule has 0 saturated carbocycles. The molecule has 0 aliphatic heterocycles. The summed E-state index contributed by atoms with van der Waals surface area (Å²) in [7, 11) is -4.51. The van der Waals surface area contributed by atoms with Gasteiger partial charge in [-0.05, 0) is 42.8 Å². The molecule has 2 aromatic rings. The zero-order valence-corrected chi connectivity index (χ0v) is 10.6. The third-order valence-corrected chi connectivity index (χ3v) is 3.40. The Morgan fingerprint density at radius 2 is 1.95 bits per heavy atom. The maximum absolute atomic E-state index is 10.9. The molecule has 19 heavy (non-hydrogen) atoms. The lowest BCUT2D eigenvalue weighted by molar-refractivity contribution is 0.0663. The SMILES string of the molecule is Cc1cc(S(=O)(=O)[O-])ccc1-c1ccc(C(=O)O)o1. The van der Waals surface area contributed by atoms with Crippen molar-refractivity contribution in [3.63, 3.8) is 0 Å². The fourth-order valence-corrected chi connectivity index (χ4v) is 2.22. The van der Waals surface area contributed by atoms with Crippen molar-refractivity contribution < 1.29 is 27.3 Å². The summed E-state index contributed by atoms with van der Waals surface area (Å²) in [4.78, 5) is 10.4. The maximum Gasteiger partial charge on any atom is 0.371 e. The first-order chi connectivity index (χ1) is 8.79. The molecule has 6 nitrogen and oxygen atoms in total. The summed E-state index contributed by atoms with van der Waals surface area (Å²) in [5.41, 5.74) is 1.03. The van der Waals surface area contributed by atoms with Crippen molar-refractivity contribution in [1.82, 2.24) is 0 Å². The van der Waals surface area contributed by atoms with Crippen LogP contribution in [-0.4, -0.2) is 24.0 Å². The van der Waals surface area contributed by atoms with E-state index in [1.165, 1.54) is 24.3 Å². The monoisotopic (exact) mass is 281 g/mol. The van der Waals surface area contributed by atoms with E-state index < -0.39 is 16.1 Å². The van der Waals surface area contributed by atoms with Gasteiger partial charge in [0.05, 0.1) is 4.90 Å². The van der Waals surface area contributed by atoms with E-state index >= 15 is 0 Å². The molecular weight excluding hydrogens is 272 g/mol. The van der Waals surface area contributed by atoms with E-state index in [0.717, 1.165) is 6.07 Å². The van der Waals surface area contributed by atoms with Crippen LogP contribution in [0, 0.1) is 6.92 Å². The van der Waals surface area contributed by atoms with E-state index in [-0.39, 0.29) is 10.7 Å². The van der Waals surface area contributed by atoms with Crippen molar-refractivity contribution in [3.8, 4) is 11.3 Å². The number of hydrogen-bond donors (Lipinski definition) is 1. The Hall–Kier alpha value is -2.12. The van der Waals surface area contributed by atoms with E-state index in [0.29, 0.717) is 16.9 Å². The van der Waals surface area contributed by atoms with Crippen LogP contribution in [0.4, 0.5) is 0 Å². The quantitative estimate of drug-likeness (QED) is 0.860. The first-order valence-electron chi connectivity index (χ1n) is 5.19. The standard InChI is InChI=1S/C12H10O6S/c1-7-6-8(19(15,16)17)2-3-9(7)10-4-5-11(18-10)12(13)14/h2-6H,1H3,(H,13,14)(H,15,16,17)/p-1. The Morgan fingerprint density at radius 1 is 1.26 bits per heavy atom. The van der Waals surface area contributed by atoms with Gasteiger partial charge in [-0.25, -0.2) is 13.2 Å². The smallest absolute Gasteiger partial charge is 0.371 e. The Bertz CT molecular complexity index is 741. The minimum absolute atomic E-state index is 0.213. The highest BCUT2D eigenvalue weighted by molar-refractivity contribution is 7.85. The lowest BCUT2D eigenvalue weighted by Crippen LogP contribution is -1.99. The van der Waals surface area contributed by atoms with Crippen molar-refractivity contribution in [3.05, 3.63) is 41.7 Å². The first-order valence-corrected chi connectivity index (χ1v) is 6.60. The van der Waals surface area contributed by atoms with Crippen LogP contribution in [0.15, 0.2) is 39.6 Å². The van der Waals surface area contributed by atoms with Gasteiger partial charge in [0.2, 0.25) is 5.76 Å². The highest BCUT2D eigenvalue weighted by Crippen LogP contribution is 2.27. The highest BCUT2D eigenvalue weighted by Gasteiger charge is 2.13. The summed E-state index contributed by atoms with van der Waals surface area (Å²) in [6.07, 6.45) is 0. The molecule has 1 heterocycles. The first kappa shape index (κ1) is 13.3. The molecule has 0 atom stereocenters. The third-order valence-electron chi connectivity index (χ3n) is 2.57. The summed E-state index contributed by atoms with van der Waals surface area (Å²) in [5, 5.41) is 8.75. The molecule has 1 N–H and O–H groups in total. The molecule has 0 fully saturated rings. The Kier molecular flexibility index (Phi) is 3.17. The van der Waals surface area contributed by atoms with Crippen LogP contribution >= 0.6 is 0 Å². The summed E-state index contributed by atoms with van der Waals surface area (Å²) in [6, 6.07) is 6.56.